The molecule has 0 spiro atoms. The minimum atomic E-state index is -1.22. The summed E-state index contributed by atoms with van der Waals surface area (Å²) in [4.78, 5) is 9.91. The molecule has 0 radical (unpaired) electrons. The van der Waals surface area contributed by atoms with Crippen molar-refractivity contribution in [3.8, 4) is 5.75 Å². The normalized spacial score (nSPS) is 10.4. The van der Waals surface area contributed by atoms with Crippen LogP contribution in [0.2, 0.25) is 0 Å². The van der Waals surface area contributed by atoms with E-state index in [1.807, 2.05) is 0 Å². The molecule has 110 valence electrons. The highest BCUT2D eigenvalue weighted by Gasteiger charge is 2.21. The highest BCUT2D eigenvalue weighted by atomic mass is 19.1. The fourth-order valence-electron chi connectivity index (χ4n) is 1.89. The third-order valence-corrected chi connectivity index (χ3v) is 2.88. The molecule has 0 atom stereocenters. The van der Waals surface area contributed by atoms with Crippen molar-refractivity contribution < 1.29 is 18.8 Å². The largest absolute Gasteiger partial charge is 0.508 e. The Labute approximate surface area is 119 Å². The first-order valence-corrected chi connectivity index (χ1v) is 6.12. The van der Waals surface area contributed by atoms with E-state index in [0.717, 1.165) is 11.6 Å². The number of halogens is 2. The second-order valence-electron chi connectivity index (χ2n) is 4.38. The zero-order chi connectivity index (χ0) is 15.4. The van der Waals surface area contributed by atoms with Gasteiger partial charge in [-0.25, -0.2) is 4.39 Å². The van der Waals surface area contributed by atoms with E-state index in [2.05, 4.69) is 5.32 Å². The Balaban J connectivity index is 2.09. The standard InChI is InChI=1S/C14H12F2N2O3/c15-10-7-12(16)14(18(20)21)13(8-10)17-6-5-9-1-3-11(19)4-2-9/h1-4,7-8,17,19H,5-6H2. The molecule has 0 unspecified atom stereocenters. The Morgan fingerprint density at radius 2 is 1.86 bits per heavy atom. The summed E-state index contributed by atoms with van der Waals surface area (Å²) in [5, 5.41) is 22.6. The molecule has 21 heavy (non-hydrogen) atoms. The van der Waals surface area contributed by atoms with Gasteiger partial charge < -0.3 is 10.4 Å². The maximum absolute atomic E-state index is 13.4. The summed E-state index contributed by atoms with van der Waals surface area (Å²) in [6.45, 7) is 0.258. The Bertz CT molecular complexity index is 660. The van der Waals surface area contributed by atoms with Gasteiger partial charge in [0, 0.05) is 18.7 Å². The third-order valence-electron chi connectivity index (χ3n) is 2.88. The van der Waals surface area contributed by atoms with Crippen molar-refractivity contribution in [3.63, 3.8) is 0 Å². The van der Waals surface area contributed by atoms with E-state index in [1.165, 1.54) is 12.1 Å². The quantitative estimate of drug-likeness (QED) is 0.655. The summed E-state index contributed by atoms with van der Waals surface area (Å²) in [5.74, 6) is -1.97. The van der Waals surface area contributed by atoms with Crippen molar-refractivity contribution >= 4 is 11.4 Å². The zero-order valence-electron chi connectivity index (χ0n) is 10.8. The molecule has 5 nitrogen and oxygen atoms in total. The van der Waals surface area contributed by atoms with Gasteiger partial charge in [-0.05, 0) is 24.1 Å². The topological polar surface area (TPSA) is 75.4 Å². The predicted octanol–water partition coefficient (Wildman–Crippen LogP) is 3.23. The number of benzene rings is 2. The van der Waals surface area contributed by atoms with E-state index >= 15 is 0 Å². The number of hydrogen-bond acceptors (Lipinski definition) is 4. The molecule has 2 aromatic carbocycles. The molecule has 0 fully saturated rings. The molecular formula is C14H12F2N2O3. The van der Waals surface area contributed by atoms with Crippen molar-refractivity contribution in [2.75, 3.05) is 11.9 Å². The van der Waals surface area contributed by atoms with Crippen LogP contribution < -0.4 is 5.32 Å². The lowest BCUT2D eigenvalue weighted by molar-refractivity contribution is -0.386. The fraction of sp³-hybridized carbons (Fsp3) is 0.143. The van der Waals surface area contributed by atoms with Gasteiger partial charge in [-0.2, -0.15) is 4.39 Å². The van der Waals surface area contributed by atoms with E-state index in [9.17, 15) is 18.9 Å². The van der Waals surface area contributed by atoms with Gasteiger partial charge in [-0.15, -0.1) is 0 Å². The van der Waals surface area contributed by atoms with Crippen LogP contribution in [0.1, 0.15) is 5.56 Å². The lowest BCUT2D eigenvalue weighted by atomic mass is 10.1. The second-order valence-corrected chi connectivity index (χ2v) is 4.38. The van der Waals surface area contributed by atoms with Crippen LogP contribution in [0, 0.1) is 21.7 Å². The molecule has 2 N–H and O–H groups in total. The molecule has 0 bridgehead atoms. The number of nitrogens with zero attached hydrogens (tertiary/aromatic N) is 1. The molecule has 7 heteroatoms. The van der Waals surface area contributed by atoms with Crippen LogP contribution in [0.25, 0.3) is 0 Å². The van der Waals surface area contributed by atoms with Gasteiger partial charge >= 0.3 is 5.69 Å². The van der Waals surface area contributed by atoms with Gasteiger partial charge in [-0.3, -0.25) is 10.1 Å². The van der Waals surface area contributed by atoms with Crippen molar-refractivity contribution in [2.45, 2.75) is 6.42 Å². The van der Waals surface area contributed by atoms with Crippen molar-refractivity contribution in [1.82, 2.24) is 0 Å². The number of nitro benzene ring substituents is 1. The monoisotopic (exact) mass is 294 g/mol. The zero-order valence-corrected chi connectivity index (χ0v) is 10.8. The third kappa shape index (κ3) is 3.65. The first kappa shape index (κ1) is 14.7. The molecular weight excluding hydrogens is 282 g/mol. The average Bonchev–Trinajstić information content (AvgIpc) is 2.39. The van der Waals surface area contributed by atoms with E-state index in [1.54, 1.807) is 12.1 Å². The summed E-state index contributed by atoms with van der Waals surface area (Å²) < 4.78 is 26.5. The molecule has 2 rings (SSSR count). The molecule has 0 aliphatic carbocycles. The van der Waals surface area contributed by atoms with E-state index in [4.69, 9.17) is 5.11 Å². The van der Waals surface area contributed by atoms with Crippen LogP contribution in [0.3, 0.4) is 0 Å². The molecule has 0 saturated heterocycles. The highest BCUT2D eigenvalue weighted by Crippen LogP contribution is 2.28. The maximum atomic E-state index is 13.4. The molecule has 0 heterocycles. The Hall–Kier alpha value is -2.70. The molecule has 2 aromatic rings. The summed E-state index contributed by atoms with van der Waals surface area (Å²) in [6.07, 6.45) is 0.482. The molecule has 0 aromatic heterocycles. The Morgan fingerprint density at radius 3 is 2.48 bits per heavy atom. The highest BCUT2D eigenvalue weighted by molar-refractivity contribution is 5.62. The fourth-order valence-corrected chi connectivity index (χ4v) is 1.89. The number of phenolic OH excluding ortho intramolecular Hbond substituents is 1. The van der Waals surface area contributed by atoms with E-state index in [-0.39, 0.29) is 18.0 Å². The van der Waals surface area contributed by atoms with Crippen molar-refractivity contribution in [2.24, 2.45) is 0 Å². The van der Waals surface area contributed by atoms with Gasteiger partial charge in [0.15, 0.2) is 0 Å². The number of nitrogens with one attached hydrogen (secondary N) is 1. The lowest BCUT2D eigenvalue weighted by Crippen LogP contribution is -2.08. The number of phenols is 1. The van der Waals surface area contributed by atoms with Crippen molar-refractivity contribution in [1.29, 1.82) is 0 Å². The number of rotatable bonds is 5. The SMILES string of the molecule is O=[N+]([O-])c1c(F)cc(F)cc1NCCc1ccc(O)cc1. The van der Waals surface area contributed by atoms with Crippen molar-refractivity contribution in [3.05, 3.63) is 63.7 Å². The van der Waals surface area contributed by atoms with Gasteiger partial charge in [0.05, 0.1) is 4.92 Å². The smallest absolute Gasteiger partial charge is 0.327 e. The number of aromatic hydroxyl groups is 1. The summed E-state index contributed by atoms with van der Waals surface area (Å²) in [6, 6.07) is 7.77. The van der Waals surface area contributed by atoms with Crippen LogP contribution in [-0.2, 0) is 6.42 Å². The van der Waals surface area contributed by atoms with Crippen LogP contribution in [0.5, 0.6) is 5.75 Å². The first-order valence-electron chi connectivity index (χ1n) is 6.12. The number of hydrogen-bond donors (Lipinski definition) is 2. The predicted molar refractivity (Wildman–Crippen MR) is 73.3 cm³/mol. The molecule has 0 aliphatic heterocycles. The van der Waals surface area contributed by atoms with Gasteiger partial charge in [0.25, 0.3) is 0 Å². The summed E-state index contributed by atoms with van der Waals surface area (Å²) >= 11 is 0. The minimum Gasteiger partial charge on any atom is -0.508 e. The number of nitro groups is 1. The van der Waals surface area contributed by atoms with Gasteiger partial charge in [-0.1, -0.05) is 12.1 Å². The van der Waals surface area contributed by atoms with Gasteiger partial charge in [0.2, 0.25) is 5.82 Å². The van der Waals surface area contributed by atoms with E-state index in [0.29, 0.717) is 12.5 Å². The van der Waals surface area contributed by atoms with Crippen LogP contribution in [0.4, 0.5) is 20.2 Å². The summed E-state index contributed by atoms with van der Waals surface area (Å²) in [7, 11) is 0. The molecule has 0 saturated carbocycles. The average molecular weight is 294 g/mol. The molecule has 0 aliphatic rings. The van der Waals surface area contributed by atoms with Crippen LogP contribution in [0.15, 0.2) is 36.4 Å². The summed E-state index contributed by atoms with van der Waals surface area (Å²) in [5.41, 5.74) is -0.0989. The Morgan fingerprint density at radius 1 is 1.19 bits per heavy atom. The minimum absolute atomic E-state index is 0.134. The Kier molecular flexibility index (Phi) is 4.32. The van der Waals surface area contributed by atoms with Crippen LogP contribution >= 0.6 is 0 Å². The molecule has 0 amide bonds. The number of anilines is 1. The second kappa shape index (κ2) is 6.17. The first-order chi connectivity index (χ1) is 9.97. The van der Waals surface area contributed by atoms with Gasteiger partial charge in [0.1, 0.15) is 17.3 Å². The maximum Gasteiger partial charge on any atom is 0.327 e. The van der Waals surface area contributed by atoms with Crippen LogP contribution in [-0.4, -0.2) is 16.6 Å². The van der Waals surface area contributed by atoms with E-state index < -0.39 is 22.2 Å². The lowest BCUT2D eigenvalue weighted by Gasteiger charge is -2.08.